The van der Waals surface area contributed by atoms with Gasteiger partial charge in [-0.25, -0.2) is 8.42 Å². The highest BCUT2D eigenvalue weighted by molar-refractivity contribution is 7.99. The SMILES string of the molecule is COc1ccc(N([C@H](C)C(=O)NCCSC2CCCCC2)S(C)(=O)=O)cc1Cl. The van der Waals surface area contributed by atoms with Gasteiger partial charge in [0, 0.05) is 17.5 Å². The Labute approximate surface area is 177 Å². The van der Waals surface area contributed by atoms with E-state index in [1.54, 1.807) is 19.1 Å². The Hall–Kier alpha value is -1.12. The Kier molecular flexibility index (Phi) is 8.77. The van der Waals surface area contributed by atoms with E-state index in [2.05, 4.69) is 5.32 Å². The summed E-state index contributed by atoms with van der Waals surface area (Å²) < 4.78 is 30.9. The van der Waals surface area contributed by atoms with E-state index in [9.17, 15) is 13.2 Å². The van der Waals surface area contributed by atoms with Crippen molar-refractivity contribution in [3.8, 4) is 5.75 Å². The standard InChI is InChI=1S/C19H29ClN2O4S2/c1-14(19(23)21-11-12-27-16-7-5-4-6-8-16)22(28(3,24)25)15-9-10-18(26-2)17(20)13-15/h9-10,13-14,16H,4-8,11-12H2,1-3H3,(H,21,23)/t14-/m1/s1. The summed E-state index contributed by atoms with van der Waals surface area (Å²) in [4.78, 5) is 12.6. The summed E-state index contributed by atoms with van der Waals surface area (Å²) in [7, 11) is -2.20. The molecule has 9 heteroatoms. The van der Waals surface area contributed by atoms with Crippen LogP contribution in [0.25, 0.3) is 0 Å². The normalized spacial score (nSPS) is 16.4. The van der Waals surface area contributed by atoms with Crippen molar-refractivity contribution >= 4 is 45.0 Å². The minimum atomic E-state index is -3.68. The van der Waals surface area contributed by atoms with Crippen LogP contribution in [-0.2, 0) is 14.8 Å². The number of carbonyl (C=O) groups excluding carboxylic acids is 1. The molecule has 0 unspecified atom stereocenters. The number of thioether (sulfide) groups is 1. The van der Waals surface area contributed by atoms with E-state index < -0.39 is 16.1 Å². The van der Waals surface area contributed by atoms with Gasteiger partial charge in [0.15, 0.2) is 0 Å². The van der Waals surface area contributed by atoms with Crippen molar-refractivity contribution in [2.75, 3.05) is 30.0 Å². The lowest BCUT2D eigenvalue weighted by Crippen LogP contribution is -2.48. The maximum absolute atomic E-state index is 12.6. The molecule has 0 saturated heterocycles. The van der Waals surface area contributed by atoms with Gasteiger partial charge in [-0.1, -0.05) is 30.9 Å². The van der Waals surface area contributed by atoms with Crippen molar-refractivity contribution < 1.29 is 17.9 Å². The zero-order valence-electron chi connectivity index (χ0n) is 16.6. The van der Waals surface area contributed by atoms with Crippen molar-refractivity contribution in [2.24, 2.45) is 0 Å². The molecule has 1 aromatic rings. The predicted molar refractivity (Wildman–Crippen MR) is 117 cm³/mol. The first-order valence-electron chi connectivity index (χ1n) is 9.46. The minimum Gasteiger partial charge on any atom is -0.495 e. The van der Waals surface area contributed by atoms with E-state index in [-0.39, 0.29) is 10.9 Å². The third kappa shape index (κ3) is 6.46. The van der Waals surface area contributed by atoms with Crippen LogP contribution in [0.5, 0.6) is 5.75 Å². The first-order chi connectivity index (χ1) is 13.2. The van der Waals surface area contributed by atoms with Crippen LogP contribution in [0.15, 0.2) is 18.2 Å². The Balaban J connectivity index is 1.99. The number of nitrogens with zero attached hydrogens (tertiary/aromatic N) is 1. The second-order valence-corrected chi connectivity index (χ2v) is 10.7. The first kappa shape index (κ1) is 23.2. The van der Waals surface area contributed by atoms with Crippen LogP contribution in [0.1, 0.15) is 39.0 Å². The minimum absolute atomic E-state index is 0.283. The van der Waals surface area contributed by atoms with Gasteiger partial charge in [0.05, 0.1) is 24.1 Å². The van der Waals surface area contributed by atoms with Crippen molar-refractivity contribution in [1.82, 2.24) is 5.32 Å². The molecule has 1 saturated carbocycles. The fourth-order valence-corrected chi connectivity index (χ4v) is 6.02. The topological polar surface area (TPSA) is 75.7 Å². The van der Waals surface area contributed by atoms with Crippen LogP contribution < -0.4 is 14.4 Å². The van der Waals surface area contributed by atoms with Gasteiger partial charge in [-0.05, 0) is 38.0 Å². The second kappa shape index (κ2) is 10.6. The predicted octanol–water partition coefficient (Wildman–Crippen LogP) is 3.69. The molecule has 1 N–H and O–H groups in total. The quantitative estimate of drug-likeness (QED) is 0.583. The highest BCUT2D eigenvalue weighted by Crippen LogP contribution is 2.31. The van der Waals surface area contributed by atoms with Crippen LogP contribution in [0.4, 0.5) is 5.69 Å². The van der Waals surface area contributed by atoms with Crippen LogP contribution in [-0.4, -0.2) is 51.3 Å². The summed E-state index contributed by atoms with van der Waals surface area (Å²) >= 11 is 8.02. The molecule has 0 aromatic heterocycles. The fourth-order valence-electron chi connectivity index (χ4n) is 3.38. The van der Waals surface area contributed by atoms with E-state index in [1.807, 2.05) is 11.8 Å². The molecule has 1 atom stereocenters. The van der Waals surface area contributed by atoms with Crippen LogP contribution in [0, 0.1) is 0 Å². The molecule has 1 amide bonds. The third-order valence-corrected chi connectivity index (χ3v) is 7.71. The zero-order chi connectivity index (χ0) is 20.7. The Bertz CT molecular complexity index is 767. The van der Waals surface area contributed by atoms with Gasteiger partial charge in [-0.3, -0.25) is 9.10 Å². The molecular weight excluding hydrogens is 420 g/mol. The monoisotopic (exact) mass is 448 g/mol. The number of rotatable bonds is 9. The van der Waals surface area contributed by atoms with Crippen LogP contribution >= 0.6 is 23.4 Å². The van der Waals surface area contributed by atoms with Gasteiger partial charge in [0.25, 0.3) is 0 Å². The van der Waals surface area contributed by atoms with E-state index >= 15 is 0 Å². The number of methoxy groups -OCH3 is 1. The highest BCUT2D eigenvalue weighted by Gasteiger charge is 2.29. The molecule has 1 aromatic carbocycles. The number of halogens is 1. The summed E-state index contributed by atoms with van der Waals surface area (Å²) in [5.41, 5.74) is 0.326. The number of benzene rings is 1. The van der Waals surface area contributed by atoms with E-state index in [4.69, 9.17) is 16.3 Å². The maximum Gasteiger partial charge on any atom is 0.243 e. The van der Waals surface area contributed by atoms with Gasteiger partial charge in [-0.2, -0.15) is 11.8 Å². The van der Waals surface area contributed by atoms with Gasteiger partial charge >= 0.3 is 0 Å². The van der Waals surface area contributed by atoms with Crippen LogP contribution in [0.3, 0.4) is 0 Å². The molecule has 0 bridgehead atoms. The molecule has 0 spiro atoms. The summed E-state index contributed by atoms with van der Waals surface area (Å²) in [5.74, 6) is 0.938. The summed E-state index contributed by atoms with van der Waals surface area (Å²) in [6, 6.07) is 3.76. The molecule has 0 heterocycles. The first-order valence-corrected chi connectivity index (χ1v) is 12.7. The molecule has 6 nitrogen and oxygen atoms in total. The number of nitrogens with one attached hydrogen (secondary N) is 1. The van der Waals surface area contributed by atoms with Crippen molar-refractivity contribution in [2.45, 2.75) is 50.3 Å². The second-order valence-electron chi connectivity index (χ2n) is 6.98. The van der Waals surface area contributed by atoms with E-state index in [0.717, 1.165) is 16.3 Å². The molecule has 1 fully saturated rings. The van der Waals surface area contributed by atoms with Gasteiger partial charge < -0.3 is 10.1 Å². The van der Waals surface area contributed by atoms with Gasteiger partial charge in [-0.15, -0.1) is 0 Å². The summed E-state index contributed by atoms with van der Waals surface area (Å²) in [6.45, 7) is 2.09. The molecule has 2 rings (SSSR count). The average Bonchev–Trinajstić information content (AvgIpc) is 2.65. The van der Waals surface area contributed by atoms with E-state index in [0.29, 0.717) is 23.2 Å². The number of hydrogen-bond donors (Lipinski definition) is 1. The summed E-state index contributed by atoms with van der Waals surface area (Å²) in [5, 5.41) is 3.82. The molecular formula is C19H29ClN2O4S2. The lowest BCUT2D eigenvalue weighted by Gasteiger charge is -2.28. The van der Waals surface area contributed by atoms with Gasteiger partial charge in [0.1, 0.15) is 11.8 Å². The Morgan fingerprint density at radius 1 is 1.36 bits per heavy atom. The number of hydrogen-bond acceptors (Lipinski definition) is 5. The summed E-state index contributed by atoms with van der Waals surface area (Å²) in [6.07, 6.45) is 7.46. The molecule has 1 aliphatic carbocycles. The Morgan fingerprint density at radius 2 is 2.04 bits per heavy atom. The Morgan fingerprint density at radius 3 is 2.61 bits per heavy atom. The number of sulfonamides is 1. The number of amides is 1. The smallest absolute Gasteiger partial charge is 0.243 e. The molecule has 0 aliphatic heterocycles. The van der Waals surface area contributed by atoms with Crippen molar-refractivity contribution in [3.05, 3.63) is 23.2 Å². The number of carbonyl (C=O) groups is 1. The van der Waals surface area contributed by atoms with Crippen LogP contribution in [0.2, 0.25) is 5.02 Å². The molecule has 0 radical (unpaired) electrons. The van der Waals surface area contributed by atoms with Crippen molar-refractivity contribution in [1.29, 1.82) is 0 Å². The maximum atomic E-state index is 12.6. The van der Waals surface area contributed by atoms with Gasteiger partial charge in [0.2, 0.25) is 15.9 Å². The lowest BCUT2D eigenvalue weighted by molar-refractivity contribution is -0.121. The molecule has 158 valence electrons. The van der Waals surface area contributed by atoms with Crippen molar-refractivity contribution in [3.63, 3.8) is 0 Å². The molecule has 28 heavy (non-hydrogen) atoms. The van der Waals surface area contributed by atoms with E-state index in [1.165, 1.54) is 45.3 Å². The highest BCUT2D eigenvalue weighted by atomic mass is 35.5. The zero-order valence-corrected chi connectivity index (χ0v) is 19.0. The lowest BCUT2D eigenvalue weighted by atomic mass is 10.0. The third-order valence-electron chi connectivity index (χ3n) is 4.79. The fraction of sp³-hybridized carbons (Fsp3) is 0.632. The largest absolute Gasteiger partial charge is 0.495 e. The number of ether oxygens (including phenoxy) is 1. The molecule has 1 aliphatic rings. The number of anilines is 1. The average molecular weight is 449 g/mol.